The Labute approximate surface area is 202 Å². The first kappa shape index (κ1) is 24.2. The molecule has 5 heteroatoms. The minimum absolute atomic E-state index is 0.152. The van der Waals surface area contributed by atoms with Crippen LogP contribution in [0.3, 0.4) is 0 Å². The molecule has 0 bridgehead atoms. The van der Waals surface area contributed by atoms with Gasteiger partial charge in [-0.2, -0.15) is 0 Å². The van der Waals surface area contributed by atoms with E-state index in [1.807, 2.05) is 50.3 Å². The Balaban J connectivity index is 1.39. The molecule has 0 amide bonds. The zero-order valence-electron chi connectivity index (χ0n) is 20.0. The van der Waals surface area contributed by atoms with E-state index >= 15 is 0 Å². The van der Waals surface area contributed by atoms with Gasteiger partial charge in [-0.15, -0.1) is 0 Å². The van der Waals surface area contributed by atoms with E-state index in [2.05, 4.69) is 30.3 Å². The second-order valence-electron chi connectivity index (χ2n) is 9.00. The van der Waals surface area contributed by atoms with Crippen LogP contribution in [-0.4, -0.2) is 30.1 Å². The predicted molar refractivity (Wildman–Crippen MR) is 133 cm³/mol. The van der Waals surface area contributed by atoms with E-state index in [1.165, 1.54) is 11.1 Å². The summed E-state index contributed by atoms with van der Waals surface area (Å²) in [5.41, 5.74) is 4.64. The van der Waals surface area contributed by atoms with Crippen LogP contribution in [0.2, 0.25) is 0 Å². The van der Waals surface area contributed by atoms with Crippen molar-refractivity contribution < 1.29 is 24.1 Å². The molecule has 1 N–H and O–H groups in total. The van der Waals surface area contributed by atoms with Crippen molar-refractivity contribution in [3.63, 3.8) is 0 Å². The van der Waals surface area contributed by atoms with E-state index in [-0.39, 0.29) is 5.92 Å². The third-order valence-corrected chi connectivity index (χ3v) is 6.81. The van der Waals surface area contributed by atoms with Gasteiger partial charge in [0.05, 0.1) is 19.1 Å². The molecule has 2 atom stereocenters. The molecule has 34 heavy (non-hydrogen) atoms. The monoisotopic (exact) mass is 462 g/mol. The van der Waals surface area contributed by atoms with Crippen LogP contribution in [0.5, 0.6) is 5.75 Å². The normalized spacial score (nSPS) is 19.2. The molecule has 2 aliphatic rings. The van der Waals surface area contributed by atoms with Gasteiger partial charge in [-0.1, -0.05) is 55.5 Å². The van der Waals surface area contributed by atoms with Crippen molar-refractivity contribution in [1.29, 1.82) is 0 Å². The van der Waals surface area contributed by atoms with Gasteiger partial charge in [0, 0.05) is 18.8 Å². The number of ether oxygens (including phenoxy) is 3. The number of hydrogen-bond donors (Lipinski definition) is 1. The summed E-state index contributed by atoms with van der Waals surface area (Å²) < 4.78 is 17.7. The van der Waals surface area contributed by atoms with Crippen LogP contribution in [0.1, 0.15) is 62.1 Å². The summed E-state index contributed by atoms with van der Waals surface area (Å²) in [5.74, 6) is -0.990. The lowest BCUT2D eigenvalue weighted by molar-refractivity contribution is -0.159. The van der Waals surface area contributed by atoms with E-state index in [4.69, 9.17) is 14.2 Å². The fraction of sp³-hybridized carbons (Fsp3) is 0.414. The molecule has 1 unspecified atom stereocenters. The van der Waals surface area contributed by atoms with Gasteiger partial charge in [0.1, 0.15) is 12.4 Å². The van der Waals surface area contributed by atoms with E-state index in [9.17, 15) is 9.90 Å². The highest BCUT2D eigenvalue weighted by Gasteiger charge is 2.37. The maximum Gasteiger partial charge on any atom is 0.307 e. The molecular formula is C29H34O5. The number of rotatable bonds is 9. The number of allylic oxidation sites excluding steroid dienone is 3. The van der Waals surface area contributed by atoms with Gasteiger partial charge in [0.25, 0.3) is 0 Å². The van der Waals surface area contributed by atoms with Crippen molar-refractivity contribution in [3.8, 4) is 5.75 Å². The number of carboxylic acids is 1. The molecule has 1 fully saturated rings. The molecule has 1 aliphatic carbocycles. The largest absolute Gasteiger partial charge is 0.489 e. The van der Waals surface area contributed by atoms with Gasteiger partial charge in [-0.05, 0) is 60.2 Å². The van der Waals surface area contributed by atoms with Crippen molar-refractivity contribution in [2.24, 2.45) is 5.92 Å². The van der Waals surface area contributed by atoms with Crippen molar-refractivity contribution in [2.75, 3.05) is 13.2 Å². The molecule has 1 saturated heterocycles. The van der Waals surface area contributed by atoms with Crippen molar-refractivity contribution in [2.45, 2.75) is 57.8 Å². The van der Waals surface area contributed by atoms with Crippen LogP contribution in [-0.2, 0) is 20.9 Å². The van der Waals surface area contributed by atoms with E-state index < -0.39 is 17.7 Å². The molecular weight excluding hydrogens is 428 g/mol. The topological polar surface area (TPSA) is 65.0 Å². The molecule has 5 nitrogen and oxygen atoms in total. The van der Waals surface area contributed by atoms with Crippen LogP contribution in [0, 0.1) is 5.92 Å². The van der Waals surface area contributed by atoms with Gasteiger partial charge in [0.15, 0.2) is 5.79 Å². The van der Waals surface area contributed by atoms with Crippen molar-refractivity contribution >= 4 is 11.5 Å². The summed E-state index contributed by atoms with van der Waals surface area (Å²) in [7, 11) is 0. The van der Waals surface area contributed by atoms with Gasteiger partial charge in [-0.3, -0.25) is 4.79 Å². The van der Waals surface area contributed by atoms with Gasteiger partial charge < -0.3 is 19.3 Å². The van der Waals surface area contributed by atoms with Crippen molar-refractivity contribution in [1.82, 2.24) is 0 Å². The zero-order chi connectivity index (χ0) is 24.0. The average Bonchev–Trinajstić information content (AvgIpc) is 3.31. The average molecular weight is 463 g/mol. The summed E-state index contributed by atoms with van der Waals surface area (Å²) in [5, 5.41) is 9.59. The number of benzene rings is 2. The Morgan fingerprint density at radius 3 is 2.56 bits per heavy atom. The SMILES string of the molecule is CC=C[C@H](c1ccc(OCc2cccc(C3=CCC4(CC3)OCCO4)c2)cc1)C(CC)C(=O)O. The lowest BCUT2D eigenvalue weighted by atomic mass is 9.84. The van der Waals surface area contributed by atoms with Crippen LogP contribution in [0.15, 0.2) is 66.8 Å². The molecule has 1 heterocycles. The first-order valence-electron chi connectivity index (χ1n) is 12.2. The highest BCUT2D eigenvalue weighted by Crippen LogP contribution is 2.38. The highest BCUT2D eigenvalue weighted by molar-refractivity contribution is 5.72. The smallest absolute Gasteiger partial charge is 0.307 e. The molecule has 4 rings (SSSR count). The zero-order valence-corrected chi connectivity index (χ0v) is 20.0. The summed E-state index contributed by atoms with van der Waals surface area (Å²) in [4.78, 5) is 11.7. The fourth-order valence-electron chi connectivity index (χ4n) is 4.91. The van der Waals surface area contributed by atoms with Crippen LogP contribution in [0.25, 0.3) is 5.57 Å². The highest BCUT2D eigenvalue weighted by atomic mass is 16.7. The maximum absolute atomic E-state index is 11.7. The molecule has 1 aliphatic heterocycles. The van der Waals surface area contributed by atoms with Crippen LogP contribution >= 0.6 is 0 Å². The summed E-state index contributed by atoms with van der Waals surface area (Å²) in [6.45, 7) is 5.68. The minimum atomic E-state index is -0.766. The van der Waals surface area contributed by atoms with E-state index in [1.54, 1.807) is 0 Å². The molecule has 0 radical (unpaired) electrons. The molecule has 0 aromatic heterocycles. The Morgan fingerprint density at radius 2 is 1.94 bits per heavy atom. The van der Waals surface area contributed by atoms with Crippen LogP contribution in [0.4, 0.5) is 0 Å². The third-order valence-electron chi connectivity index (χ3n) is 6.81. The molecule has 2 aromatic carbocycles. The minimum Gasteiger partial charge on any atom is -0.489 e. The summed E-state index contributed by atoms with van der Waals surface area (Å²) in [6.07, 6.45) is 9.34. The Hall–Kier alpha value is -2.89. The predicted octanol–water partition coefficient (Wildman–Crippen LogP) is 6.35. The quantitative estimate of drug-likeness (QED) is 0.440. The molecule has 0 saturated carbocycles. The van der Waals surface area contributed by atoms with Gasteiger partial charge >= 0.3 is 5.97 Å². The standard InChI is InChI=1S/C29H34O5/c1-3-6-27(26(4-2)28(30)31)23-9-11-25(12-10-23)32-20-21-7-5-8-24(19-21)22-13-15-29(16-14-22)33-17-18-34-29/h3,5-13,19,26-27H,4,14-18,20H2,1-2H3,(H,30,31)/t26?,27-/m1/s1. The van der Waals surface area contributed by atoms with Gasteiger partial charge in [0.2, 0.25) is 0 Å². The molecule has 1 spiro atoms. The second-order valence-corrected chi connectivity index (χ2v) is 9.00. The summed E-state index contributed by atoms with van der Waals surface area (Å²) in [6, 6.07) is 16.3. The number of hydrogen-bond acceptors (Lipinski definition) is 4. The number of aliphatic carboxylic acids is 1. The summed E-state index contributed by atoms with van der Waals surface area (Å²) >= 11 is 0. The Bertz CT molecular complexity index is 1030. The van der Waals surface area contributed by atoms with Crippen molar-refractivity contribution in [3.05, 3.63) is 83.4 Å². The van der Waals surface area contributed by atoms with E-state index in [0.29, 0.717) is 26.2 Å². The Morgan fingerprint density at radius 1 is 1.18 bits per heavy atom. The maximum atomic E-state index is 11.7. The first-order valence-corrected chi connectivity index (χ1v) is 12.2. The Kier molecular flexibility index (Phi) is 7.86. The van der Waals surface area contributed by atoms with E-state index in [0.717, 1.165) is 36.1 Å². The fourth-order valence-corrected chi connectivity index (χ4v) is 4.91. The lowest BCUT2D eigenvalue weighted by Gasteiger charge is -2.30. The lowest BCUT2D eigenvalue weighted by Crippen LogP contribution is -2.31. The number of carbonyl (C=O) groups is 1. The number of carboxylic acid groups (broad SMARTS) is 1. The van der Waals surface area contributed by atoms with Gasteiger partial charge in [-0.25, -0.2) is 0 Å². The third kappa shape index (κ3) is 5.60. The first-order chi connectivity index (χ1) is 16.5. The second kappa shape index (κ2) is 11.0. The molecule has 2 aromatic rings. The van der Waals surface area contributed by atoms with Crippen LogP contribution < -0.4 is 4.74 Å². The molecule has 180 valence electrons.